The van der Waals surface area contributed by atoms with Crippen LogP contribution in [0.2, 0.25) is 5.02 Å². The number of ketones is 1. The average molecular weight is 323 g/mol. The highest BCUT2D eigenvalue weighted by molar-refractivity contribution is 14.1. The molecule has 1 nitrogen and oxygen atoms in total. The summed E-state index contributed by atoms with van der Waals surface area (Å²) in [6.45, 7) is 2.04. The highest BCUT2D eigenvalue weighted by atomic mass is 127. The molecule has 1 unspecified atom stereocenters. The first kappa shape index (κ1) is 12.0. The van der Waals surface area contributed by atoms with Crippen LogP contribution in [0.25, 0.3) is 0 Å². The Labute approximate surface area is 103 Å². The van der Waals surface area contributed by atoms with Gasteiger partial charge in [0.15, 0.2) is 5.78 Å². The van der Waals surface area contributed by atoms with Crippen LogP contribution in [0, 0.1) is 5.92 Å². The second-order valence-electron chi connectivity index (χ2n) is 3.13. The van der Waals surface area contributed by atoms with Gasteiger partial charge in [0.05, 0.1) is 0 Å². The van der Waals surface area contributed by atoms with E-state index in [1.807, 2.05) is 6.92 Å². The van der Waals surface area contributed by atoms with Crippen LogP contribution in [0.4, 0.5) is 0 Å². The van der Waals surface area contributed by atoms with Gasteiger partial charge in [-0.15, -0.1) is 0 Å². The molecule has 0 amide bonds. The highest BCUT2D eigenvalue weighted by Gasteiger charge is 2.16. The summed E-state index contributed by atoms with van der Waals surface area (Å²) >= 11 is 8.00. The summed E-state index contributed by atoms with van der Waals surface area (Å²) in [5, 5.41) is 0.670. The van der Waals surface area contributed by atoms with E-state index in [-0.39, 0.29) is 11.7 Å². The molecule has 0 bridgehead atoms. The van der Waals surface area contributed by atoms with Gasteiger partial charge in [-0.05, 0) is 30.7 Å². The Hall–Kier alpha value is -0.0900. The van der Waals surface area contributed by atoms with Crippen molar-refractivity contribution in [3.05, 3.63) is 34.9 Å². The number of hydrogen-bond donors (Lipinski definition) is 0. The van der Waals surface area contributed by atoms with E-state index in [0.29, 0.717) is 5.02 Å². The van der Waals surface area contributed by atoms with Gasteiger partial charge < -0.3 is 0 Å². The van der Waals surface area contributed by atoms with E-state index in [4.69, 9.17) is 11.6 Å². The minimum absolute atomic E-state index is 0.136. The van der Waals surface area contributed by atoms with Gasteiger partial charge in [-0.3, -0.25) is 4.79 Å². The number of Topliss-reactive ketones (excluding diaryl/α,β-unsaturated/α-hetero) is 1. The first-order valence-electron chi connectivity index (χ1n) is 4.54. The third-order valence-corrected chi connectivity index (χ3v) is 3.49. The van der Waals surface area contributed by atoms with Gasteiger partial charge in [-0.1, -0.05) is 41.1 Å². The lowest BCUT2D eigenvalue weighted by Crippen LogP contribution is -2.14. The third kappa shape index (κ3) is 2.95. The fraction of sp³-hybridized carbons (Fsp3) is 0.364. The van der Waals surface area contributed by atoms with Crippen LogP contribution in [0.5, 0.6) is 0 Å². The molecule has 0 spiro atoms. The summed E-state index contributed by atoms with van der Waals surface area (Å²) in [5.41, 5.74) is 0.762. The zero-order chi connectivity index (χ0) is 10.6. The van der Waals surface area contributed by atoms with E-state index in [2.05, 4.69) is 22.6 Å². The average Bonchev–Trinajstić information content (AvgIpc) is 2.20. The van der Waals surface area contributed by atoms with Crippen molar-refractivity contribution in [3.8, 4) is 0 Å². The smallest absolute Gasteiger partial charge is 0.166 e. The standard InChI is InChI=1S/C11H12ClIO/c1-2-8(7-13)11(14)9-3-5-10(12)6-4-9/h3-6,8H,2,7H2,1H3. The van der Waals surface area contributed by atoms with Crippen LogP contribution in [-0.2, 0) is 0 Å². The molecule has 0 N–H and O–H groups in total. The van der Waals surface area contributed by atoms with Crippen molar-refractivity contribution in [1.29, 1.82) is 0 Å². The Balaban J connectivity index is 2.83. The van der Waals surface area contributed by atoms with Crippen molar-refractivity contribution < 1.29 is 4.79 Å². The van der Waals surface area contributed by atoms with Gasteiger partial charge >= 0.3 is 0 Å². The normalized spacial score (nSPS) is 12.5. The van der Waals surface area contributed by atoms with Gasteiger partial charge in [-0.2, -0.15) is 0 Å². The summed E-state index contributed by atoms with van der Waals surface area (Å²) in [6.07, 6.45) is 0.893. The summed E-state index contributed by atoms with van der Waals surface area (Å²) in [7, 11) is 0. The second-order valence-corrected chi connectivity index (χ2v) is 4.45. The molecule has 1 rings (SSSR count). The predicted octanol–water partition coefficient (Wildman–Crippen LogP) is 3.98. The van der Waals surface area contributed by atoms with E-state index in [9.17, 15) is 4.79 Å². The molecule has 0 saturated carbocycles. The molecule has 0 fully saturated rings. The van der Waals surface area contributed by atoms with Crippen molar-refractivity contribution in [3.63, 3.8) is 0 Å². The van der Waals surface area contributed by atoms with Crippen LogP contribution >= 0.6 is 34.2 Å². The number of carbonyl (C=O) groups is 1. The fourth-order valence-electron chi connectivity index (χ4n) is 1.21. The van der Waals surface area contributed by atoms with E-state index < -0.39 is 0 Å². The molecule has 0 aromatic heterocycles. The van der Waals surface area contributed by atoms with Crippen LogP contribution in [-0.4, -0.2) is 10.2 Å². The minimum Gasteiger partial charge on any atom is -0.294 e. The molecular weight excluding hydrogens is 310 g/mol. The van der Waals surface area contributed by atoms with Crippen molar-refractivity contribution in [2.24, 2.45) is 5.92 Å². The molecule has 0 saturated heterocycles. The number of carbonyl (C=O) groups excluding carboxylic acids is 1. The van der Waals surface area contributed by atoms with Crippen LogP contribution in [0.1, 0.15) is 23.7 Å². The molecule has 1 aromatic rings. The zero-order valence-electron chi connectivity index (χ0n) is 7.97. The zero-order valence-corrected chi connectivity index (χ0v) is 10.9. The minimum atomic E-state index is 0.136. The van der Waals surface area contributed by atoms with Gasteiger partial charge in [0.2, 0.25) is 0 Å². The Morgan fingerprint density at radius 2 is 2.00 bits per heavy atom. The molecule has 0 aliphatic heterocycles. The molecule has 1 atom stereocenters. The van der Waals surface area contributed by atoms with E-state index >= 15 is 0 Å². The predicted molar refractivity (Wildman–Crippen MR) is 68.5 cm³/mol. The molecule has 3 heteroatoms. The van der Waals surface area contributed by atoms with Gasteiger partial charge in [0.25, 0.3) is 0 Å². The lowest BCUT2D eigenvalue weighted by molar-refractivity contribution is 0.0931. The lowest BCUT2D eigenvalue weighted by atomic mass is 9.97. The topological polar surface area (TPSA) is 17.1 Å². The largest absolute Gasteiger partial charge is 0.294 e. The molecule has 0 radical (unpaired) electrons. The van der Waals surface area contributed by atoms with Crippen LogP contribution in [0.3, 0.4) is 0 Å². The molecule has 0 aliphatic rings. The van der Waals surface area contributed by atoms with E-state index in [1.54, 1.807) is 24.3 Å². The number of halogens is 2. The first-order chi connectivity index (χ1) is 6.69. The summed E-state index contributed by atoms with van der Waals surface area (Å²) in [4.78, 5) is 11.9. The Bertz CT molecular complexity index is 304. The summed E-state index contributed by atoms with van der Waals surface area (Å²) in [5.74, 6) is 0.357. The maximum atomic E-state index is 11.9. The number of hydrogen-bond acceptors (Lipinski definition) is 1. The molecule has 0 heterocycles. The van der Waals surface area contributed by atoms with Crippen molar-refractivity contribution in [2.75, 3.05) is 4.43 Å². The van der Waals surface area contributed by atoms with Gasteiger partial charge in [-0.25, -0.2) is 0 Å². The summed E-state index contributed by atoms with van der Waals surface area (Å²) in [6, 6.07) is 7.10. The maximum Gasteiger partial charge on any atom is 0.166 e. The second kappa shape index (κ2) is 5.71. The quantitative estimate of drug-likeness (QED) is 0.465. The molecule has 76 valence electrons. The fourth-order valence-corrected chi connectivity index (χ4v) is 2.36. The lowest BCUT2D eigenvalue weighted by Gasteiger charge is -2.09. The Morgan fingerprint density at radius 3 is 2.43 bits per heavy atom. The summed E-state index contributed by atoms with van der Waals surface area (Å²) < 4.78 is 0.871. The van der Waals surface area contributed by atoms with Crippen molar-refractivity contribution in [1.82, 2.24) is 0 Å². The van der Waals surface area contributed by atoms with E-state index in [1.165, 1.54) is 0 Å². The highest BCUT2D eigenvalue weighted by Crippen LogP contribution is 2.17. The van der Waals surface area contributed by atoms with Gasteiger partial charge in [0.1, 0.15) is 0 Å². The third-order valence-electron chi connectivity index (χ3n) is 2.18. The monoisotopic (exact) mass is 322 g/mol. The number of alkyl halides is 1. The van der Waals surface area contributed by atoms with Crippen LogP contribution in [0.15, 0.2) is 24.3 Å². The number of rotatable bonds is 4. The molecule has 0 aliphatic carbocycles. The number of benzene rings is 1. The van der Waals surface area contributed by atoms with Crippen molar-refractivity contribution in [2.45, 2.75) is 13.3 Å². The Kier molecular flexibility index (Phi) is 4.89. The van der Waals surface area contributed by atoms with Gasteiger partial charge in [0, 0.05) is 20.9 Å². The molecule has 1 aromatic carbocycles. The maximum absolute atomic E-state index is 11.9. The molecule has 14 heavy (non-hydrogen) atoms. The van der Waals surface area contributed by atoms with Crippen LogP contribution < -0.4 is 0 Å². The van der Waals surface area contributed by atoms with E-state index in [0.717, 1.165) is 16.4 Å². The molecular formula is C11H12ClIO. The Morgan fingerprint density at radius 1 is 1.43 bits per heavy atom. The van der Waals surface area contributed by atoms with Crippen molar-refractivity contribution >= 4 is 40.0 Å². The SMILES string of the molecule is CCC(CI)C(=O)c1ccc(Cl)cc1. The first-order valence-corrected chi connectivity index (χ1v) is 6.45.